The van der Waals surface area contributed by atoms with Gasteiger partial charge in [-0.05, 0) is 25.7 Å². The number of nitrogens with one attached hydrogen (secondary N) is 2. The molecule has 0 fully saturated rings. The van der Waals surface area contributed by atoms with Gasteiger partial charge in [0.2, 0.25) is 8.40 Å². The van der Waals surface area contributed by atoms with Gasteiger partial charge in [-0.25, -0.2) is 0 Å². The van der Waals surface area contributed by atoms with Gasteiger partial charge >= 0.3 is 0 Å². The molecule has 2 nitrogen and oxygen atoms in total. The Bertz CT molecular complexity index is 124. The van der Waals surface area contributed by atoms with Crippen molar-refractivity contribution >= 4 is 8.40 Å². The lowest BCUT2D eigenvalue weighted by Gasteiger charge is -2.35. The fraction of sp³-hybridized carbons (Fsp3) is 1.00. The third-order valence-electron chi connectivity index (χ3n) is 3.27. The SMILES string of the molecule is CCCC[Si](NC)(NC)C(C)CC. The van der Waals surface area contributed by atoms with Crippen LogP contribution in [0.4, 0.5) is 0 Å². The van der Waals surface area contributed by atoms with Crippen LogP contribution in [0.3, 0.4) is 0 Å². The molecular formula is C10H26N2Si. The molecule has 13 heavy (non-hydrogen) atoms. The lowest BCUT2D eigenvalue weighted by atomic mass is 10.4. The van der Waals surface area contributed by atoms with Crippen LogP contribution < -0.4 is 9.96 Å². The van der Waals surface area contributed by atoms with Crippen molar-refractivity contribution in [1.29, 1.82) is 0 Å². The first-order valence-corrected chi connectivity index (χ1v) is 7.83. The maximum atomic E-state index is 3.58. The Labute approximate surface area is 84.7 Å². The van der Waals surface area contributed by atoms with E-state index < -0.39 is 8.40 Å². The summed E-state index contributed by atoms with van der Waals surface area (Å²) < 4.78 is 0. The van der Waals surface area contributed by atoms with Crippen molar-refractivity contribution in [2.45, 2.75) is 51.6 Å². The van der Waals surface area contributed by atoms with Gasteiger partial charge in [-0.1, -0.05) is 40.0 Å². The smallest absolute Gasteiger partial charge is 0.203 e. The van der Waals surface area contributed by atoms with E-state index in [9.17, 15) is 0 Å². The minimum atomic E-state index is -1.37. The summed E-state index contributed by atoms with van der Waals surface area (Å²) >= 11 is 0. The van der Waals surface area contributed by atoms with Crippen molar-refractivity contribution in [1.82, 2.24) is 9.96 Å². The predicted molar refractivity (Wildman–Crippen MR) is 63.3 cm³/mol. The van der Waals surface area contributed by atoms with E-state index in [1.807, 2.05) is 0 Å². The molecule has 0 aromatic rings. The largest absolute Gasteiger partial charge is 0.328 e. The molecule has 0 aromatic carbocycles. The number of rotatable bonds is 7. The van der Waals surface area contributed by atoms with Crippen molar-refractivity contribution in [3.05, 3.63) is 0 Å². The third-order valence-corrected chi connectivity index (χ3v) is 8.29. The molecule has 1 unspecified atom stereocenters. The third kappa shape index (κ3) is 3.41. The van der Waals surface area contributed by atoms with Gasteiger partial charge in [0.1, 0.15) is 0 Å². The van der Waals surface area contributed by atoms with Crippen LogP contribution in [0, 0.1) is 0 Å². The van der Waals surface area contributed by atoms with Gasteiger partial charge in [0.15, 0.2) is 0 Å². The van der Waals surface area contributed by atoms with Crippen LogP contribution >= 0.6 is 0 Å². The number of hydrogen-bond donors (Lipinski definition) is 2. The first-order valence-electron chi connectivity index (χ1n) is 5.54. The monoisotopic (exact) mass is 202 g/mol. The second-order valence-corrected chi connectivity index (χ2v) is 8.31. The van der Waals surface area contributed by atoms with Gasteiger partial charge in [-0.15, -0.1) is 0 Å². The standard InChI is InChI=1S/C10H26N2Si/c1-6-8-9-13(11-4,12-5)10(3)7-2/h10-12H,6-9H2,1-5H3. The van der Waals surface area contributed by atoms with E-state index in [2.05, 4.69) is 44.8 Å². The summed E-state index contributed by atoms with van der Waals surface area (Å²) in [4.78, 5) is 7.16. The maximum Gasteiger partial charge on any atom is 0.203 e. The molecule has 0 heterocycles. The quantitative estimate of drug-likeness (QED) is 0.620. The van der Waals surface area contributed by atoms with E-state index in [0.717, 1.165) is 5.54 Å². The second kappa shape index (κ2) is 6.57. The van der Waals surface area contributed by atoms with Crippen molar-refractivity contribution in [2.75, 3.05) is 14.1 Å². The van der Waals surface area contributed by atoms with Crippen molar-refractivity contribution in [3.8, 4) is 0 Å². The summed E-state index contributed by atoms with van der Waals surface area (Å²) in [6, 6.07) is 1.35. The van der Waals surface area contributed by atoms with E-state index in [1.165, 1.54) is 25.3 Å². The highest BCUT2D eigenvalue weighted by Crippen LogP contribution is 2.24. The Morgan fingerprint density at radius 1 is 1.15 bits per heavy atom. The molecule has 1 atom stereocenters. The van der Waals surface area contributed by atoms with Crippen LogP contribution in [-0.2, 0) is 0 Å². The molecule has 0 spiro atoms. The van der Waals surface area contributed by atoms with Crippen LogP contribution in [0.15, 0.2) is 0 Å². The molecule has 0 saturated heterocycles. The van der Waals surface area contributed by atoms with Gasteiger partial charge < -0.3 is 9.96 Å². The van der Waals surface area contributed by atoms with Crippen molar-refractivity contribution < 1.29 is 0 Å². The minimum absolute atomic E-state index is 0.814. The molecule has 0 radical (unpaired) electrons. The Morgan fingerprint density at radius 3 is 2.00 bits per heavy atom. The topological polar surface area (TPSA) is 24.1 Å². The van der Waals surface area contributed by atoms with E-state index in [0.29, 0.717) is 0 Å². The van der Waals surface area contributed by atoms with E-state index in [-0.39, 0.29) is 0 Å². The summed E-state index contributed by atoms with van der Waals surface area (Å²) in [6.45, 7) is 6.92. The molecule has 0 aliphatic rings. The van der Waals surface area contributed by atoms with E-state index >= 15 is 0 Å². The normalized spacial score (nSPS) is 14.5. The molecule has 0 aliphatic heterocycles. The fourth-order valence-electron chi connectivity index (χ4n) is 1.92. The van der Waals surface area contributed by atoms with Gasteiger partial charge in [0.05, 0.1) is 0 Å². The molecule has 0 aliphatic carbocycles. The van der Waals surface area contributed by atoms with Gasteiger partial charge in [-0.2, -0.15) is 0 Å². The number of hydrogen-bond acceptors (Lipinski definition) is 2. The van der Waals surface area contributed by atoms with E-state index in [1.54, 1.807) is 0 Å². The Kier molecular flexibility index (Phi) is 6.64. The highest BCUT2D eigenvalue weighted by Gasteiger charge is 2.34. The molecule has 0 bridgehead atoms. The highest BCUT2D eigenvalue weighted by molar-refractivity contribution is 6.76. The summed E-state index contributed by atoms with van der Waals surface area (Å²) in [5, 5.41) is 0. The summed E-state index contributed by atoms with van der Waals surface area (Å²) in [6.07, 6.45) is 3.92. The average molecular weight is 202 g/mol. The Hall–Kier alpha value is 0.137. The second-order valence-electron chi connectivity index (χ2n) is 3.88. The first kappa shape index (κ1) is 13.1. The minimum Gasteiger partial charge on any atom is -0.328 e. The molecule has 0 amide bonds. The van der Waals surface area contributed by atoms with Crippen LogP contribution in [0.25, 0.3) is 0 Å². The lowest BCUT2D eigenvalue weighted by Crippen LogP contribution is -2.62. The molecule has 0 aromatic heterocycles. The molecule has 3 heteroatoms. The van der Waals surface area contributed by atoms with Gasteiger partial charge in [0.25, 0.3) is 0 Å². The molecular weight excluding hydrogens is 176 g/mol. The molecule has 80 valence electrons. The zero-order valence-electron chi connectivity index (χ0n) is 9.91. The molecule has 2 N–H and O–H groups in total. The summed E-state index contributed by atoms with van der Waals surface area (Å²) in [7, 11) is 2.86. The summed E-state index contributed by atoms with van der Waals surface area (Å²) in [5.41, 5.74) is 0.814. The average Bonchev–Trinajstić information content (AvgIpc) is 2.19. The predicted octanol–water partition coefficient (Wildman–Crippen LogP) is 2.47. The zero-order valence-corrected chi connectivity index (χ0v) is 10.9. The van der Waals surface area contributed by atoms with Crippen LogP contribution in [0.2, 0.25) is 11.6 Å². The summed E-state index contributed by atoms with van der Waals surface area (Å²) in [5.74, 6) is 0. The fourth-order valence-corrected chi connectivity index (χ4v) is 5.75. The van der Waals surface area contributed by atoms with Crippen LogP contribution in [-0.4, -0.2) is 22.5 Å². The molecule has 0 rings (SSSR count). The number of unbranched alkanes of at least 4 members (excludes halogenated alkanes) is 1. The lowest BCUT2D eigenvalue weighted by molar-refractivity contribution is 0.735. The van der Waals surface area contributed by atoms with Gasteiger partial charge in [0, 0.05) is 0 Å². The maximum absolute atomic E-state index is 3.58. The van der Waals surface area contributed by atoms with Crippen molar-refractivity contribution in [2.24, 2.45) is 0 Å². The van der Waals surface area contributed by atoms with Crippen LogP contribution in [0.1, 0.15) is 40.0 Å². The molecule has 0 saturated carbocycles. The van der Waals surface area contributed by atoms with Crippen LogP contribution in [0.5, 0.6) is 0 Å². The highest BCUT2D eigenvalue weighted by atomic mass is 28.3. The van der Waals surface area contributed by atoms with Gasteiger partial charge in [-0.3, -0.25) is 0 Å². The zero-order chi connectivity index (χ0) is 10.3. The Morgan fingerprint density at radius 2 is 1.69 bits per heavy atom. The van der Waals surface area contributed by atoms with Crippen molar-refractivity contribution in [3.63, 3.8) is 0 Å². The Balaban J connectivity index is 4.29. The first-order chi connectivity index (χ1) is 6.16. The van der Waals surface area contributed by atoms with E-state index in [4.69, 9.17) is 0 Å².